The standard InChI is InChI=1S/C3H2F4O.H2O/c4-2(5)1(8)3(6)7;/h2-3H;1H2. The fourth-order valence-corrected chi connectivity index (χ4v) is 0.0952. The summed E-state index contributed by atoms with van der Waals surface area (Å²) >= 11 is 0. The molecule has 6 heteroatoms. The summed E-state index contributed by atoms with van der Waals surface area (Å²) in [6.45, 7) is 0. The first-order valence-corrected chi connectivity index (χ1v) is 1.65. The molecule has 0 amide bonds. The van der Waals surface area contributed by atoms with E-state index in [-0.39, 0.29) is 5.48 Å². The van der Waals surface area contributed by atoms with Crippen molar-refractivity contribution in [1.82, 2.24) is 0 Å². The minimum atomic E-state index is -3.55. The lowest BCUT2D eigenvalue weighted by atomic mass is 10.4. The van der Waals surface area contributed by atoms with Gasteiger partial charge in [-0.15, -0.1) is 0 Å². The van der Waals surface area contributed by atoms with Gasteiger partial charge in [0.05, 0.1) is 0 Å². The highest BCUT2D eigenvalue weighted by Crippen LogP contribution is 2.02. The molecule has 0 fully saturated rings. The van der Waals surface area contributed by atoms with E-state index in [0.717, 1.165) is 0 Å². The molecule has 0 rings (SSSR count). The van der Waals surface area contributed by atoms with E-state index in [2.05, 4.69) is 0 Å². The maximum Gasteiger partial charge on any atom is 0.301 e. The zero-order valence-corrected chi connectivity index (χ0v) is 4.07. The molecule has 0 bridgehead atoms. The van der Waals surface area contributed by atoms with Gasteiger partial charge in [0.1, 0.15) is 0 Å². The van der Waals surface area contributed by atoms with Crippen LogP contribution in [0.3, 0.4) is 0 Å². The molecule has 0 radical (unpaired) electrons. The number of carbonyl (C=O) groups excluding carboxylic acids is 1. The molecule has 2 nitrogen and oxygen atoms in total. The average Bonchev–Trinajstić information content (AvgIpc) is 1.64. The monoisotopic (exact) mass is 148 g/mol. The second-order valence-electron chi connectivity index (χ2n) is 1.00. The van der Waals surface area contributed by atoms with E-state index in [1.807, 2.05) is 0 Å². The molecule has 0 aliphatic heterocycles. The predicted octanol–water partition coefficient (Wildman–Crippen LogP) is 0.261. The highest BCUT2D eigenvalue weighted by molar-refractivity contribution is 5.84. The summed E-state index contributed by atoms with van der Waals surface area (Å²) in [4.78, 5) is 9.34. The van der Waals surface area contributed by atoms with E-state index in [4.69, 9.17) is 0 Å². The van der Waals surface area contributed by atoms with Crippen LogP contribution in [0.15, 0.2) is 0 Å². The van der Waals surface area contributed by atoms with Crippen molar-refractivity contribution >= 4 is 5.78 Å². The van der Waals surface area contributed by atoms with Gasteiger partial charge >= 0.3 is 12.9 Å². The van der Waals surface area contributed by atoms with Crippen LogP contribution in [0.25, 0.3) is 0 Å². The number of hydrogen-bond acceptors (Lipinski definition) is 1. The van der Waals surface area contributed by atoms with E-state index in [9.17, 15) is 22.4 Å². The maximum absolute atomic E-state index is 10.8. The topological polar surface area (TPSA) is 48.6 Å². The van der Waals surface area contributed by atoms with Crippen molar-refractivity contribution in [1.29, 1.82) is 0 Å². The van der Waals surface area contributed by atoms with Crippen LogP contribution < -0.4 is 0 Å². The molecule has 0 saturated carbocycles. The second-order valence-corrected chi connectivity index (χ2v) is 1.00. The summed E-state index contributed by atoms with van der Waals surface area (Å²) in [5.41, 5.74) is 0. The Labute approximate surface area is 47.8 Å². The molecular formula is C3H4F4O2. The van der Waals surface area contributed by atoms with Crippen molar-refractivity contribution in [2.24, 2.45) is 0 Å². The Morgan fingerprint density at radius 2 is 1.22 bits per heavy atom. The maximum atomic E-state index is 10.8. The van der Waals surface area contributed by atoms with Gasteiger partial charge in [0, 0.05) is 0 Å². The fraction of sp³-hybridized carbons (Fsp3) is 0.667. The molecule has 0 atom stereocenters. The van der Waals surface area contributed by atoms with Crippen LogP contribution in [0.4, 0.5) is 17.6 Å². The van der Waals surface area contributed by atoms with Crippen LogP contribution in [0, 0.1) is 0 Å². The Balaban J connectivity index is 0. The molecule has 0 unspecified atom stereocenters. The van der Waals surface area contributed by atoms with Crippen LogP contribution in [0.2, 0.25) is 0 Å². The Kier molecular flexibility index (Phi) is 5.28. The first kappa shape index (κ1) is 11.2. The number of rotatable bonds is 2. The van der Waals surface area contributed by atoms with E-state index in [1.165, 1.54) is 0 Å². The average molecular weight is 148 g/mol. The summed E-state index contributed by atoms with van der Waals surface area (Å²) in [5, 5.41) is 0. The minimum Gasteiger partial charge on any atom is -0.412 e. The lowest BCUT2D eigenvalue weighted by molar-refractivity contribution is -0.140. The van der Waals surface area contributed by atoms with Crippen molar-refractivity contribution < 1.29 is 27.8 Å². The van der Waals surface area contributed by atoms with Crippen molar-refractivity contribution in [3.63, 3.8) is 0 Å². The smallest absolute Gasteiger partial charge is 0.301 e. The van der Waals surface area contributed by atoms with E-state index in [1.54, 1.807) is 0 Å². The van der Waals surface area contributed by atoms with Gasteiger partial charge in [0.15, 0.2) is 0 Å². The summed E-state index contributed by atoms with van der Waals surface area (Å²) < 4.78 is 43.4. The molecule has 0 spiro atoms. The van der Waals surface area contributed by atoms with Gasteiger partial charge in [-0.3, -0.25) is 4.79 Å². The molecule has 0 aliphatic carbocycles. The number of alkyl halides is 4. The summed E-state index contributed by atoms with van der Waals surface area (Å²) in [6.07, 6.45) is -7.09. The van der Waals surface area contributed by atoms with Crippen LogP contribution >= 0.6 is 0 Å². The molecule has 2 N–H and O–H groups in total. The Hall–Kier alpha value is -0.650. The summed E-state index contributed by atoms with van der Waals surface area (Å²) in [6, 6.07) is 0. The first-order valence-electron chi connectivity index (χ1n) is 1.65. The van der Waals surface area contributed by atoms with E-state index in [0.29, 0.717) is 0 Å². The molecule has 0 aliphatic rings. The number of Topliss-reactive ketones (excluding diaryl/α,β-unsaturated/α-hetero) is 1. The third kappa shape index (κ3) is 3.89. The van der Waals surface area contributed by atoms with Crippen LogP contribution in [0.5, 0.6) is 0 Å². The molecule has 0 aromatic rings. The third-order valence-electron chi connectivity index (χ3n) is 0.430. The lowest BCUT2D eigenvalue weighted by Gasteiger charge is -1.92. The zero-order valence-electron chi connectivity index (χ0n) is 4.07. The van der Waals surface area contributed by atoms with Crippen molar-refractivity contribution in [2.75, 3.05) is 0 Å². The van der Waals surface area contributed by atoms with Crippen LogP contribution in [-0.4, -0.2) is 24.1 Å². The minimum absolute atomic E-state index is 0. The number of hydrogen-bond donors (Lipinski definition) is 0. The van der Waals surface area contributed by atoms with Crippen molar-refractivity contribution in [3.8, 4) is 0 Å². The first-order chi connectivity index (χ1) is 3.55. The summed E-state index contributed by atoms with van der Waals surface area (Å²) in [5.74, 6) is -2.31. The third-order valence-corrected chi connectivity index (χ3v) is 0.430. The lowest BCUT2D eigenvalue weighted by Crippen LogP contribution is -2.18. The van der Waals surface area contributed by atoms with Gasteiger partial charge in [-0.25, -0.2) is 17.6 Å². The molecule has 0 saturated heterocycles. The Morgan fingerprint density at radius 3 is 1.22 bits per heavy atom. The molecule has 56 valence electrons. The molecule has 9 heavy (non-hydrogen) atoms. The fourth-order valence-electron chi connectivity index (χ4n) is 0.0952. The molecule has 0 aromatic heterocycles. The van der Waals surface area contributed by atoms with Crippen molar-refractivity contribution in [2.45, 2.75) is 12.9 Å². The number of ketones is 1. The largest absolute Gasteiger partial charge is 0.412 e. The Morgan fingerprint density at radius 1 is 1.00 bits per heavy atom. The van der Waals surface area contributed by atoms with Crippen LogP contribution in [-0.2, 0) is 4.79 Å². The van der Waals surface area contributed by atoms with Crippen LogP contribution in [0.1, 0.15) is 0 Å². The highest BCUT2D eigenvalue weighted by Gasteiger charge is 2.25. The Bertz CT molecular complexity index is 81.8. The van der Waals surface area contributed by atoms with Crippen molar-refractivity contribution in [3.05, 3.63) is 0 Å². The van der Waals surface area contributed by atoms with E-state index >= 15 is 0 Å². The number of carbonyl (C=O) groups is 1. The van der Waals surface area contributed by atoms with Gasteiger partial charge in [-0.05, 0) is 0 Å². The molecule has 0 heterocycles. The SMILES string of the molecule is O.O=C(C(F)F)C(F)F. The van der Waals surface area contributed by atoms with Gasteiger partial charge < -0.3 is 5.48 Å². The van der Waals surface area contributed by atoms with Gasteiger partial charge in [-0.2, -0.15) is 0 Å². The summed E-state index contributed by atoms with van der Waals surface area (Å²) in [7, 11) is 0. The quantitative estimate of drug-likeness (QED) is 0.518. The molecular weight excluding hydrogens is 144 g/mol. The number of halogens is 4. The zero-order chi connectivity index (χ0) is 6.73. The second kappa shape index (κ2) is 4.25. The predicted molar refractivity (Wildman–Crippen MR) is 20.6 cm³/mol. The van der Waals surface area contributed by atoms with Gasteiger partial charge in [0.25, 0.3) is 5.78 Å². The van der Waals surface area contributed by atoms with Gasteiger partial charge in [-0.1, -0.05) is 0 Å². The van der Waals surface area contributed by atoms with E-state index < -0.39 is 18.6 Å². The highest BCUT2D eigenvalue weighted by atomic mass is 19.3. The normalized spacial score (nSPS) is 9.56. The molecule has 0 aromatic carbocycles. The van der Waals surface area contributed by atoms with Gasteiger partial charge in [0.2, 0.25) is 0 Å².